The van der Waals surface area contributed by atoms with Crippen molar-refractivity contribution >= 4 is 25.4 Å². The van der Waals surface area contributed by atoms with Gasteiger partial charge in [-0.15, -0.1) is 0 Å². The van der Waals surface area contributed by atoms with E-state index in [1.165, 1.54) is 120 Å². The average Bonchev–Trinajstić information content (AvgIpc) is 3.75. The summed E-state index contributed by atoms with van der Waals surface area (Å²) in [6.45, 7) is 1.77. The van der Waals surface area contributed by atoms with E-state index in [2.05, 4.69) is 27.0 Å². The highest BCUT2D eigenvalue weighted by Gasteiger charge is 2.56. The van der Waals surface area contributed by atoms with E-state index in [0.717, 1.165) is 19.3 Å². The Morgan fingerprint density at radius 3 is 2.21 bits per heavy atom. The van der Waals surface area contributed by atoms with Crippen LogP contribution in [0.3, 0.4) is 0 Å². The minimum atomic E-state index is -4.75. The number of nitrogen functional groups attached to an aromatic ring is 1. The molecule has 0 aromatic carbocycles. The largest absolute Gasteiger partial charge is 0.484 e. The zero-order chi connectivity index (χ0) is 40.9. The lowest BCUT2D eigenvalue weighted by atomic mass is 9.92. The molecular formula is C40H62N7O9P. The molecule has 4 heterocycles. The highest BCUT2D eigenvalue weighted by atomic mass is 31.2. The number of nitrogens with two attached hydrogens (primary N) is 1. The Labute approximate surface area is 336 Å². The monoisotopic (exact) mass is 815 g/mol. The molecule has 0 saturated carbocycles. The molecule has 17 heteroatoms. The van der Waals surface area contributed by atoms with Crippen LogP contribution in [0.1, 0.15) is 121 Å². The number of ether oxygens (including phenoxy) is 3. The normalized spacial score (nSPS) is 21.2. The van der Waals surface area contributed by atoms with Crippen LogP contribution in [0.25, 0.3) is 5.52 Å². The number of nitriles is 1. The van der Waals surface area contributed by atoms with E-state index in [0.29, 0.717) is 23.6 Å². The first-order valence-electron chi connectivity index (χ1n) is 20.4. The molecular weight excluding hydrogens is 753 g/mol. The van der Waals surface area contributed by atoms with Crippen LogP contribution in [0, 0.1) is 11.3 Å². The van der Waals surface area contributed by atoms with E-state index in [1.807, 2.05) is 6.07 Å². The van der Waals surface area contributed by atoms with E-state index in [9.17, 15) is 19.7 Å². The maximum Gasteiger partial charge on any atom is 0.472 e. The van der Waals surface area contributed by atoms with Gasteiger partial charge in [0.1, 0.15) is 53.8 Å². The summed E-state index contributed by atoms with van der Waals surface area (Å²) in [5, 5.41) is 35.5. The summed E-state index contributed by atoms with van der Waals surface area (Å²) in [5.74, 6) is 0.507. The van der Waals surface area contributed by atoms with Gasteiger partial charge in [0, 0.05) is 19.9 Å². The van der Waals surface area contributed by atoms with Gasteiger partial charge < -0.3 is 35.1 Å². The highest BCUT2D eigenvalue weighted by molar-refractivity contribution is 7.47. The second-order valence-electron chi connectivity index (χ2n) is 14.6. The summed E-state index contributed by atoms with van der Waals surface area (Å²) >= 11 is 0. The Hall–Kier alpha value is -3.52. The molecule has 5 N–H and O–H groups in total. The van der Waals surface area contributed by atoms with Crippen LogP contribution in [0.4, 0.5) is 5.82 Å². The lowest BCUT2D eigenvalue weighted by Crippen LogP contribution is -2.43. The number of fused-ring (bicyclic) bond motifs is 1. The molecule has 57 heavy (non-hydrogen) atoms. The number of phosphoric acid groups is 1. The molecule has 0 spiro atoms. The Morgan fingerprint density at radius 1 is 0.965 bits per heavy atom. The topological polar surface area (TPSA) is 229 Å². The van der Waals surface area contributed by atoms with Crippen molar-refractivity contribution in [3.8, 4) is 11.8 Å². The molecule has 0 bridgehead atoms. The SMILES string of the molecule is CCCCCCCCCCCCCCCCCCOC[C@H](COP(=O)(O)OC[C@H]1O[C@@](C=NC)(c2ccc3c(N)ncnn23)[C@H](O)[C@@H]1O)Oc1ccc(C#N)nc1. The molecule has 6 atom stereocenters. The van der Waals surface area contributed by atoms with E-state index >= 15 is 0 Å². The zero-order valence-electron chi connectivity index (χ0n) is 33.5. The van der Waals surface area contributed by atoms with Crippen LogP contribution in [0.2, 0.25) is 0 Å². The maximum atomic E-state index is 13.1. The standard InChI is InChI=1S/C40H62N7O9P/c1-3-4-5-6-7-8-9-10-11-12-13-14-15-16-17-18-23-52-26-33(55-32-20-19-31(24-41)44-25-32)27-53-57(50,51)54-28-35-37(48)38(49)40(56-35,29-43-2)36-22-21-34-39(42)45-30-46-47(34)36/h19-22,25,29-30,33,35,37-38,48-49H,3-18,23,26-28H2,1-2H3,(H,50,51)(H2,42,45,46)/t33-,35-,37-,38-,40+/m1/s1. The molecule has 1 fully saturated rings. The number of hydrogen-bond donors (Lipinski definition) is 4. The van der Waals surface area contributed by atoms with Crippen LogP contribution in [-0.4, -0.2) is 98.8 Å². The number of phosphoric ester groups is 1. The molecule has 1 aliphatic heterocycles. The van der Waals surface area contributed by atoms with Gasteiger partial charge >= 0.3 is 7.82 Å². The number of hydrogen-bond acceptors (Lipinski definition) is 14. The predicted octanol–water partition coefficient (Wildman–Crippen LogP) is 6.45. The molecule has 3 aromatic rings. The number of rotatable bonds is 29. The molecule has 3 aromatic heterocycles. The lowest BCUT2D eigenvalue weighted by molar-refractivity contribution is -0.0551. The third-order valence-electron chi connectivity index (χ3n) is 10.1. The quantitative estimate of drug-likeness (QED) is 0.0335. The smallest absolute Gasteiger partial charge is 0.472 e. The number of aliphatic hydroxyl groups excluding tert-OH is 2. The average molecular weight is 816 g/mol. The van der Waals surface area contributed by atoms with E-state index in [1.54, 1.807) is 18.2 Å². The third kappa shape index (κ3) is 14.4. The van der Waals surface area contributed by atoms with Gasteiger partial charge in [-0.2, -0.15) is 10.4 Å². The van der Waals surface area contributed by atoms with Crippen LogP contribution in [-0.2, 0) is 28.7 Å². The highest BCUT2D eigenvalue weighted by Crippen LogP contribution is 2.46. The van der Waals surface area contributed by atoms with Crippen molar-refractivity contribution in [1.29, 1.82) is 5.26 Å². The zero-order valence-corrected chi connectivity index (χ0v) is 34.4. The fourth-order valence-corrected chi connectivity index (χ4v) is 7.74. The first kappa shape index (κ1) is 46.2. The summed E-state index contributed by atoms with van der Waals surface area (Å²) in [5.41, 5.74) is 5.23. The molecule has 1 unspecified atom stereocenters. The van der Waals surface area contributed by atoms with Gasteiger partial charge in [0.2, 0.25) is 0 Å². The van der Waals surface area contributed by atoms with Gasteiger partial charge in [0.05, 0.1) is 31.7 Å². The van der Waals surface area contributed by atoms with Gasteiger partial charge in [0.15, 0.2) is 11.4 Å². The van der Waals surface area contributed by atoms with E-state index in [4.69, 9.17) is 34.3 Å². The van der Waals surface area contributed by atoms with Crippen molar-refractivity contribution in [2.24, 2.45) is 4.99 Å². The van der Waals surface area contributed by atoms with Crippen LogP contribution in [0.15, 0.2) is 41.8 Å². The summed E-state index contributed by atoms with van der Waals surface area (Å²) in [7, 11) is -3.27. The first-order valence-corrected chi connectivity index (χ1v) is 21.9. The number of anilines is 1. The number of aliphatic imine (C=N–C) groups is 1. The van der Waals surface area contributed by atoms with Gasteiger partial charge in [-0.25, -0.2) is 19.0 Å². The molecule has 0 amide bonds. The Morgan fingerprint density at radius 2 is 1.61 bits per heavy atom. The Kier molecular flexibility index (Phi) is 19.8. The summed E-state index contributed by atoms with van der Waals surface area (Å²) in [6.07, 6.45) is 19.1. The molecule has 0 aliphatic carbocycles. The van der Waals surface area contributed by atoms with Gasteiger partial charge in [-0.05, 0) is 30.7 Å². The molecule has 316 valence electrons. The predicted molar refractivity (Wildman–Crippen MR) is 216 cm³/mol. The fourth-order valence-electron chi connectivity index (χ4n) is 6.98. The van der Waals surface area contributed by atoms with Crippen molar-refractivity contribution in [3.63, 3.8) is 0 Å². The minimum Gasteiger partial charge on any atom is -0.484 e. The number of aromatic nitrogens is 4. The van der Waals surface area contributed by atoms with Gasteiger partial charge in [-0.3, -0.25) is 14.0 Å². The maximum absolute atomic E-state index is 13.1. The molecule has 1 saturated heterocycles. The van der Waals surface area contributed by atoms with E-state index < -0.39 is 51.1 Å². The fraction of sp³-hybridized carbons (Fsp3) is 0.675. The Balaban J connectivity index is 1.20. The number of nitrogens with zero attached hydrogens (tertiary/aromatic N) is 6. The van der Waals surface area contributed by atoms with E-state index in [-0.39, 0.29) is 18.1 Å². The number of pyridine rings is 1. The summed E-state index contributed by atoms with van der Waals surface area (Å²) in [6, 6.07) is 8.24. The number of unbranched alkanes of at least 4 members (excludes halogenated alkanes) is 15. The molecule has 4 rings (SSSR count). The molecule has 16 nitrogen and oxygen atoms in total. The second-order valence-corrected chi connectivity index (χ2v) is 16.1. The van der Waals surface area contributed by atoms with Crippen LogP contribution < -0.4 is 10.5 Å². The number of aliphatic hydroxyl groups is 2. The lowest BCUT2D eigenvalue weighted by Gasteiger charge is -2.27. The summed E-state index contributed by atoms with van der Waals surface area (Å²) in [4.78, 5) is 22.7. The molecule has 0 radical (unpaired) electrons. The van der Waals surface area contributed by atoms with Crippen molar-refractivity contribution in [3.05, 3.63) is 48.2 Å². The second kappa shape index (κ2) is 24.4. The van der Waals surface area contributed by atoms with Crippen molar-refractivity contribution < 1.29 is 42.9 Å². The third-order valence-corrected chi connectivity index (χ3v) is 11.1. The summed E-state index contributed by atoms with van der Waals surface area (Å²) < 4.78 is 43.0. The van der Waals surface area contributed by atoms with Crippen LogP contribution >= 0.6 is 7.82 Å². The molecule has 1 aliphatic rings. The van der Waals surface area contributed by atoms with Crippen molar-refractivity contribution in [2.75, 3.05) is 39.2 Å². The van der Waals surface area contributed by atoms with Gasteiger partial charge in [-0.1, -0.05) is 103 Å². The van der Waals surface area contributed by atoms with Crippen molar-refractivity contribution in [2.45, 2.75) is 140 Å². The minimum absolute atomic E-state index is 0.0492. The van der Waals surface area contributed by atoms with Crippen molar-refractivity contribution in [1.82, 2.24) is 19.6 Å². The van der Waals surface area contributed by atoms with Crippen LogP contribution in [0.5, 0.6) is 5.75 Å². The Bertz CT molecular complexity index is 1720. The first-order chi connectivity index (χ1) is 27.6. The van der Waals surface area contributed by atoms with Gasteiger partial charge in [0.25, 0.3) is 0 Å².